The van der Waals surface area contributed by atoms with Gasteiger partial charge in [-0.3, -0.25) is 0 Å². The highest BCUT2D eigenvalue weighted by molar-refractivity contribution is 5.11. The molecule has 1 aliphatic carbocycles. The Hall–Kier alpha value is -0.300. The van der Waals surface area contributed by atoms with Gasteiger partial charge in [-0.1, -0.05) is 39.8 Å². The average Bonchev–Trinajstić information content (AvgIpc) is 1.95. The third-order valence-electron chi connectivity index (χ3n) is 2.81. The Morgan fingerprint density at radius 3 is 2.23 bits per heavy atom. The van der Waals surface area contributed by atoms with Gasteiger partial charge in [-0.15, -0.1) is 0 Å². The molecule has 1 heteroatoms. The minimum absolute atomic E-state index is 0.281. The number of hydrogen-bond donors (Lipinski definition) is 1. The highest BCUT2D eigenvalue weighted by Gasteiger charge is 2.31. The summed E-state index contributed by atoms with van der Waals surface area (Å²) >= 11 is 0. The van der Waals surface area contributed by atoms with E-state index >= 15 is 0 Å². The van der Waals surface area contributed by atoms with Gasteiger partial charge in [-0.2, -0.15) is 0 Å². The van der Waals surface area contributed by atoms with Gasteiger partial charge in [-0.05, 0) is 30.6 Å². The van der Waals surface area contributed by atoms with Crippen molar-refractivity contribution in [2.24, 2.45) is 11.3 Å². The van der Waals surface area contributed by atoms with Crippen molar-refractivity contribution >= 4 is 0 Å². The molecule has 0 bridgehead atoms. The summed E-state index contributed by atoms with van der Waals surface area (Å²) in [5.74, 6) is 0.566. The van der Waals surface area contributed by atoms with E-state index in [4.69, 9.17) is 0 Å². The van der Waals surface area contributed by atoms with E-state index in [1.807, 2.05) is 6.08 Å². The van der Waals surface area contributed by atoms with Crippen LogP contribution in [0.3, 0.4) is 0 Å². The van der Waals surface area contributed by atoms with Crippen LogP contribution in [0.1, 0.15) is 47.0 Å². The van der Waals surface area contributed by atoms with Crippen molar-refractivity contribution < 1.29 is 5.11 Å². The quantitative estimate of drug-likeness (QED) is 0.650. The Morgan fingerprint density at radius 2 is 1.85 bits per heavy atom. The number of rotatable bonds is 2. The van der Waals surface area contributed by atoms with Crippen LogP contribution in [0.5, 0.6) is 0 Å². The minimum Gasteiger partial charge on any atom is -0.386 e. The van der Waals surface area contributed by atoms with Crippen LogP contribution in [-0.2, 0) is 0 Å². The first kappa shape index (κ1) is 10.8. The fourth-order valence-corrected chi connectivity index (χ4v) is 1.96. The van der Waals surface area contributed by atoms with E-state index in [0.717, 1.165) is 19.3 Å². The van der Waals surface area contributed by atoms with Crippen LogP contribution in [0.4, 0.5) is 0 Å². The molecular weight excluding hydrogens is 160 g/mol. The zero-order valence-corrected chi connectivity index (χ0v) is 9.30. The Balaban J connectivity index is 2.64. The van der Waals surface area contributed by atoms with Crippen LogP contribution >= 0.6 is 0 Å². The molecule has 1 N–H and O–H groups in total. The summed E-state index contributed by atoms with van der Waals surface area (Å²) in [7, 11) is 0. The van der Waals surface area contributed by atoms with Gasteiger partial charge in [0.2, 0.25) is 0 Å². The summed E-state index contributed by atoms with van der Waals surface area (Å²) in [6, 6.07) is 0. The Morgan fingerprint density at radius 1 is 1.23 bits per heavy atom. The molecule has 0 fully saturated rings. The molecule has 13 heavy (non-hydrogen) atoms. The van der Waals surface area contributed by atoms with Crippen LogP contribution in [0.15, 0.2) is 12.2 Å². The van der Waals surface area contributed by atoms with Gasteiger partial charge >= 0.3 is 0 Å². The fraction of sp³-hybridized carbons (Fsp3) is 0.833. The van der Waals surface area contributed by atoms with Crippen molar-refractivity contribution in [1.29, 1.82) is 0 Å². The first-order chi connectivity index (χ1) is 5.83. The molecule has 0 saturated carbocycles. The largest absolute Gasteiger partial charge is 0.386 e. The first-order valence-electron chi connectivity index (χ1n) is 5.26. The molecule has 1 nitrogen and oxygen atoms in total. The summed E-state index contributed by atoms with van der Waals surface area (Å²) in [6.07, 6.45) is 7.07. The second-order valence-corrected chi connectivity index (χ2v) is 5.52. The van der Waals surface area contributed by atoms with E-state index in [2.05, 4.69) is 33.8 Å². The lowest BCUT2D eigenvalue weighted by atomic mass is 9.74. The summed E-state index contributed by atoms with van der Waals surface area (Å²) < 4.78 is 0. The Kier molecular flexibility index (Phi) is 2.86. The van der Waals surface area contributed by atoms with Crippen molar-refractivity contribution in [3.05, 3.63) is 12.2 Å². The molecule has 1 aliphatic rings. The molecule has 0 aromatic rings. The van der Waals surface area contributed by atoms with Crippen molar-refractivity contribution in [3.8, 4) is 0 Å². The van der Waals surface area contributed by atoms with Crippen LogP contribution < -0.4 is 0 Å². The maximum absolute atomic E-state index is 10.2. The lowest BCUT2D eigenvalue weighted by Crippen LogP contribution is -2.33. The number of aliphatic hydroxyl groups is 1. The molecule has 0 spiro atoms. The molecule has 0 amide bonds. The van der Waals surface area contributed by atoms with Gasteiger partial charge in [0, 0.05) is 0 Å². The Labute approximate surface area is 81.9 Å². The maximum atomic E-state index is 10.2. The van der Waals surface area contributed by atoms with Gasteiger partial charge in [0.15, 0.2) is 0 Å². The second kappa shape index (κ2) is 3.45. The summed E-state index contributed by atoms with van der Waals surface area (Å²) in [4.78, 5) is 0. The zero-order chi connectivity index (χ0) is 10.1. The first-order valence-corrected chi connectivity index (χ1v) is 5.26. The molecule has 76 valence electrons. The molecule has 0 saturated heterocycles. The van der Waals surface area contributed by atoms with Crippen LogP contribution in [0.25, 0.3) is 0 Å². The molecule has 1 unspecified atom stereocenters. The molecule has 0 aromatic heterocycles. The number of hydrogen-bond acceptors (Lipinski definition) is 1. The van der Waals surface area contributed by atoms with E-state index in [9.17, 15) is 5.11 Å². The summed E-state index contributed by atoms with van der Waals surface area (Å²) in [5, 5.41) is 10.2. The molecule has 0 aromatic carbocycles. The second-order valence-electron chi connectivity index (χ2n) is 5.52. The molecule has 1 rings (SSSR count). The van der Waals surface area contributed by atoms with Crippen molar-refractivity contribution in [2.45, 2.75) is 52.6 Å². The lowest BCUT2D eigenvalue weighted by Gasteiger charge is -2.35. The smallest absolute Gasteiger partial charge is 0.0830 e. The zero-order valence-electron chi connectivity index (χ0n) is 9.30. The van der Waals surface area contributed by atoms with Gasteiger partial charge in [-0.25, -0.2) is 0 Å². The third-order valence-corrected chi connectivity index (χ3v) is 2.81. The summed E-state index contributed by atoms with van der Waals surface area (Å²) in [6.45, 7) is 8.76. The monoisotopic (exact) mass is 182 g/mol. The fourth-order valence-electron chi connectivity index (χ4n) is 1.96. The van der Waals surface area contributed by atoms with E-state index in [0.29, 0.717) is 5.92 Å². The summed E-state index contributed by atoms with van der Waals surface area (Å²) in [5.41, 5.74) is -0.243. The van der Waals surface area contributed by atoms with E-state index in [1.54, 1.807) is 0 Å². The van der Waals surface area contributed by atoms with E-state index in [-0.39, 0.29) is 5.41 Å². The topological polar surface area (TPSA) is 20.2 Å². The third kappa shape index (κ3) is 3.15. The van der Waals surface area contributed by atoms with Crippen LogP contribution in [0, 0.1) is 11.3 Å². The standard InChI is InChI=1S/C12H22O/c1-10(2)9-12(13)7-5-11(3,4)6-8-12/h5,7,10,13H,6,8-9H2,1-4H3. The highest BCUT2D eigenvalue weighted by Crippen LogP contribution is 2.37. The molecule has 0 aliphatic heterocycles. The minimum atomic E-state index is -0.524. The highest BCUT2D eigenvalue weighted by atomic mass is 16.3. The predicted molar refractivity (Wildman–Crippen MR) is 56.6 cm³/mol. The van der Waals surface area contributed by atoms with Gasteiger partial charge < -0.3 is 5.11 Å². The van der Waals surface area contributed by atoms with Crippen LogP contribution in [0.2, 0.25) is 0 Å². The average molecular weight is 182 g/mol. The lowest BCUT2D eigenvalue weighted by molar-refractivity contribution is 0.0407. The van der Waals surface area contributed by atoms with E-state index in [1.165, 1.54) is 0 Å². The van der Waals surface area contributed by atoms with Crippen molar-refractivity contribution in [3.63, 3.8) is 0 Å². The van der Waals surface area contributed by atoms with Gasteiger partial charge in [0.25, 0.3) is 0 Å². The van der Waals surface area contributed by atoms with Gasteiger partial charge in [0.1, 0.15) is 0 Å². The molecule has 1 atom stereocenters. The molecular formula is C12H22O. The van der Waals surface area contributed by atoms with Gasteiger partial charge in [0.05, 0.1) is 5.60 Å². The molecule has 0 heterocycles. The normalized spacial score (nSPS) is 32.5. The maximum Gasteiger partial charge on any atom is 0.0830 e. The van der Waals surface area contributed by atoms with Crippen molar-refractivity contribution in [1.82, 2.24) is 0 Å². The molecule has 0 radical (unpaired) electrons. The van der Waals surface area contributed by atoms with Crippen molar-refractivity contribution in [2.75, 3.05) is 0 Å². The predicted octanol–water partition coefficient (Wildman–Crippen LogP) is 3.14. The number of allylic oxidation sites excluding steroid dienone is 1. The SMILES string of the molecule is CC(C)CC1(O)C=CC(C)(C)CC1. The van der Waals surface area contributed by atoms with Crippen LogP contribution in [-0.4, -0.2) is 10.7 Å². The Bertz CT molecular complexity index is 203. The van der Waals surface area contributed by atoms with E-state index < -0.39 is 5.60 Å².